The summed E-state index contributed by atoms with van der Waals surface area (Å²) < 4.78 is 45.8. The van der Waals surface area contributed by atoms with Crippen molar-refractivity contribution in [3.63, 3.8) is 0 Å². The molecule has 0 saturated carbocycles. The highest BCUT2D eigenvalue weighted by atomic mass is 31.1. The lowest BCUT2D eigenvalue weighted by atomic mass is 9.95. The lowest BCUT2D eigenvalue weighted by Crippen LogP contribution is -2.65. The van der Waals surface area contributed by atoms with Crippen LogP contribution < -0.4 is 15.9 Å². The summed E-state index contributed by atoms with van der Waals surface area (Å²) in [6, 6.07) is 57.0. The van der Waals surface area contributed by atoms with E-state index in [9.17, 15) is 15.3 Å². The Hall–Kier alpha value is -4.98. The SMILES string of the molecule is CO[C@H]1O[C@H](COCc2ccccc2)[C@@H](O[C@@H]2O[C@H](CO)[C@@H](O)[C@H](O)[C@H]2N=Cc2ccccc2P(c2ccccc2)c2ccccc2)[C@H](OCc2ccccc2)[C@H]1OCc1ccccc1. The Balaban J connectivity index is 1.15. The summed E-state index contributed by atoms with van der Waals surface area (Å²) in [5.74, 6) is 0. The second-order valence-corrected chi connectivity index (χ2v) is 18.1. The molecule has 3 N–H and O–H groups in total. The average Bonchev–Trinajstić information content (AvgIpc) is 3.36. The van der Waals surface area contributed by atoms with Gasteiger partial charge in [0.05, 0.1) is 33.0 Å². The molecule has 6 aromatic carbocycles. The predicted octanol–water partition coefficient (Wildman–Crippen LogP) is 5.82. The van der Waals surface area contributed by atoms with Crippen molar-refractivity contribution in [1.29, 1.82) is 0 Å². The number of aliphatic hydroxyl groups is 3. The predicted molar refractivity (Wildman–Crippen MR) is 251 cm³/mol. The van der Waals surface area contributed by atoms with Gasteiger partial charge in [-0.2, -0.15) is 0 Å². The van der Waals surface area contributed by atoms with E-state index in [1.165, 1.54) is 0 Å². The van der Waals surface area contributed by atoms with Crippen molar-refractivity contribution in [3.8, 4) is 0 Å². The third kappa shape index (κ3) is 11.9. The summed E-state index contributed by atoms with van der Waals surface area (Å²) in [6.45, 7) is 0.192. The van der Waals surface area contributed by atoms with Crippen LogP contribution in [0.25, 0.3) is 0 Å². The average molecular weight is 898 g/mol. The van der Waals surface area contributed by atoms with Crippen LogP contribution in [0.2, 0.25) is 0 Å². The smallest absolute Gasteiger partial charge is 0.186 e. The number of methoxy groups -OCH3 is 1. The molecule has 0 aliphatic carbocycles. The lowest BCUT2D eigenvalue weighted by Gasteiger charge is -2.48. The molecular formula is C53H56NO10P. The summed E-state index contributed by atoms with van der Waals surface area (Å²) >= 11 is 0. The fourth-order valence-corrected chi connectivity index (χ4v) is 10.6. The van der Waals surface area contributed by atoms with E-state index in [-0.39, 0.29) is 19.8 Å². The highest BCUT2D eigenvalue weighted by Gasteiger charge is 2.53. The molecule has 10 atom stereocenters. The van der Waals surface area contributed by atoms with Gasteiger partial charge in [-0.05, 0) is 40.5 Å². The van der Waals surface area contributed by atoms with Gasteiger partial charge in [-0.1, -0.05) is 176 Å². The molecular weight excluding hydrogens is 842 g/mol. The minimum absolute atomic E-state index is 0.0567. The zero-order valence-electron chi connectivity index (χ0n) is 36.2. The van der Waals surface area contributed by atoms with Crippen LogP contribution in [-0.2, 0) is 53.0 Å². The van der Waals surface area contributed by atoms with Crippen molar-refractivity contribution in [2.45, 2.75) is 81.2 Å². The van der Waals surface area contributed by atoms with Gasteiger partial charge in [0.1, 0.15) is 48.8 Å². The maximum atomic E-state index is 11.9. The molecule has 12 heteroatoms. The Morgan fingerprint density at radius 2 is 1.05 bits per heavy atom. The fourth-order valence-electron chi connectivity index (χ4n) is 8.17. The molecule has 8 rings (SSSR count). The second kappa shape index (κ2) is 23.5. The molecule has 6 aromatic rings. The van der Waals surface area contributed by atoms with Crippen LogP contribution in [0.3, 0.4) is 0 Å². The number of hydrogen-bond acceptors (Lipinski definition) is 11. The van der Waals surface area contributed by atoms with Crippen LogP contribution in [-0.4, -0.2) is 103 Å². The zero-order chi connectivity index (χ0) is 44.8. The molecule has 0 aromatic heterocycles. The monoisotopic (exact) mass is 897 g/mol. The van der Waals surface area contributed by atoms with E-state index in [1.54, 1.807) is 13.3 Å². The van der Waals surface area contributed by atoms with Crippen molar-refractivity contribution < 1.29 is 48.5 Å². The van der Waals surface area contributed by atoms with Crippen molar-refractivity contribution >= 4 is 30.0 Å². The molecule has 11 nitrogen and oxygen atoms in total. The van der Waals surface area contributed by atoms with E-state index in [0.717, 1.165) is 38.2 Å². The molecule has 0 spiro atoms. The van der Waals surface area contributed by atoms with E-state index in [4.69, 9.17) is 38.2 Å². The number of ether oxygens (including phenoxy) is 7. The van der Waals surface area contributed by atoms with E-state index in [1.807, 2.05) is 146 Å². The Bertz CT molecular complexity index is 2290. The van der Waals surface area contributed by atoms with Gasteiger partial charge in [0, 0.05) is 18.9 Å². The Morgan fingerprint density at radius 3 is 1.60 bits per heavy atom. The molecule has 2 aliphatic rings. The minimum Gasteiger partial charge on any atom is -0.394 e. The van der Waals surface area contributed by atoms with E-state index in [0.29, 0.717) is 6.61 Å². The molecule has 65 heavy (non-hydrogen) atoms. The molecule has 0 bridgehead atoms. The Labute approximate surface area is 381 Å². The summed E-state index contributed by atoms with van der Waals surface area (Å²) in [4.78, 5) is 4.98. The topological polar surface area (TPSA) is 138 Å². The molecule has 0 unspecified atom stereocenters. The van der Waals surface area contributed by atoms with Crippen molar-refractivity contribution in [3.05, 3.63) is 198 Å². The highest BCUT2D eigenvalue weighted by Crippen LogP contribution is 2.36. The number of hydrogen-bond donors (Lipinski definition) is 3. The standard InChI is InChI=1S/C53H56NO10P/c1-58-53-51(61-35-39-23-11-4-12-24-39)50(60-34-38-21-9-3-10-22-38)49(44(63-53)36-59-33-37-19-7-2-8-20-37)64-52-46(48(57)47(56)43(32-55)62-52)54-31-40-25-17-18-30-45(40)65(41-26-13-5-14-27-41)42-28-15-6-16-29-42/h2-31,43-44,46-53,55-57H,32-36H2,1H3/t43-,44-,46-,47-,48-,49-,50+,51-,52+,53+/m1/s1. The quantitative estimate of drug-likeness (QED) is 0.0675. The number of benzene rings is 6. The maximum absolute atomic E-state index is 11.9. The van der Waals surface area contributed by atoms with E-state index >= 15 is 0 Å². The summed E-state index contributed by atoms with van der Waals surface area (Å²) in [6.07, 6.45) is -8.10. The fraction of sp³-hybridized carbons (Fsp3) is 0.302. The van der Waals surface area contributed by atoms with Gasteiger partial charge in [0.25, 0.3) is 0 Å². The zero-order valence-corrected chi connectivity index (χ0v) is 37.1. The van der Waals surface area contributed by atoms with Crippen LogP contribution >= 0.6 is 7.92 Å². The van der Waals surface area contributed by atoms with E-state index in [2.05, 4.69) is 30.3 Å². The van der Waals surface area contributed by atoms with Gasteiger partial charge < -0.3 is 48.5 Å². The largest absolute Gasteiger partial charge is 0.394 e. The van der Waals surface area contributed by atoms with Crippen LogP contribution in [0.15, 0.2) is 181 Å². The van der Waals surface area contributed by atoms with Gasteiger partial charge in [-0.15, -0.1) is 0 Å². The van der Waals surface area contributed by atoms with Gasteiger partial charge in [0.15, 0.2) is 12.6 Å². The first-order chi connectivity index (χ1) is 32.0. The molecule has 0 radical (unpaired) electrons. The molecule has 2 saturated heterocycles. The number of aliphatic hydroxyl groups excluding tert-OH is 3. The molecule has 2 aliphatic heterocycles. The third-order valence-electron chi connectivity index (χ3n) is 11.5. The van der Waals surface area contributed by atoms with Crippen LogP contribution in [0.1, 0.15) is 22.3 Å². The summed E-state index contributed by atoms with van der Waals surface area (Å²) in [7, 11) is 0.542. The van der Waals surface area contributed by atoms with E-state index < -0.39 is 75.9 Å². The van der Waals surface area contributed by atoms with Gasteiger partial charge in [-0.3, -0.25) is 4.99 Å². The highest BCUT2D eigenvalue weighted by molar-refractivity contribution is 7.80. The van der Waals surface area contributed by atoms with Crippen molar-refractivity contribution in [2.75, 3.05) is 20.3 Å². The summed E-state index contributed by atoms with van der Waals surface area (Å²) in [5.41, 5.74) is 3.66. The van der Waals surface area contributed by atoms with Gasteiger partial charge in [0.2, 0.25) is 0 Å². The first-order valence-electron chi connectivity index (χ1n) is 21.9. The number of aliphatic imine (C=N–C) groups is 1. The van der Waals surface area contributed by atoms with Crippen molar-refractivity contribution in [2.24, 2.45) is 4.99 Å². The second-order valence-electron chi connectivity index (χ2n) is 15.9. The first kappa shape index (κ1) is 46.5. The Morgan fingerprint density at radius 1 is 0.554 bits per heavy atom. The third-order valence-corrected chi connectivity index (χ3v) is 14.0. The maximum Gasteiger partial charge on any atom is 0.186 e. The normalized spacial score (nSPS) is 25.8. The van der Waals surface area contributed by atoms with Gasteiger partial charge in [-0.25, -0.2) is 0 Å². The van der Waals surface area contributed by atoms with Crippen LogP contribution in [0, 0.1) is 0 Å². The lowest BCUT2D eigenvalue weighted by molar-refractivity contribution is -0.354. The molecule has 0 amide bonds. The minimum atomic E-state index is -1.49. The number of rotatable bonds is 19. The van der Waals surface area contributed by atoms with Crippen molar-refractivity contribution in [1.82, 2.24) is 0 Å². The Kier molecular flexibility index (Phi) is 16.8. The molecule has 2 fully saturated rings. The van der Waals surface area contributed by atoms with Crippen LogP contribution in [0.5, 0.6) is 0 Å². The molecule has 338 valence electrons. The molecule has 2 heterocycles. The number of nitrogens with zero attached hydrogens (tertiary/aromatic N) is 1. The van der Waals surface area contributed by atoms with Gasteiger partial charge >= 0.3 is 0 Å². The summed E-state index contributed by atoms with van der Waals surface area (Å²) in [5, 5.41) is 37.0. The van der Waals surface area contributed by atoms with Crippen LogP contribution in [0.4, 0.5) is 0 Å². The first-order valence-corrected chi connectivity index (χ1v) is 23.3.